The molecule has 1 aliphatic heterocycles. The molecule has 0 aliphatic carbocycles. The second kappa shape index (κ2) is 10.6. The molecule has 7 heteroatoms. The molecule has 3 rings (SSSR count). The molecule has 6 nitrogen and oxygen atoms in total. The summed E-state index contributed by atoms with van der Waals surface area (Å²) in [6.07, 6.45) is 5.13. The Hall–Kier alpha value is -2.64. The first-order valence-electron chi connectivity index (χ1n) is 10.4. The Morgan fingerprint density at radius 1 is 1.26 bits per heavy atom. The lowest BCUT2D eigenvalue weighted by Crippen LogP contribution is -2.34. The van der Waals surface area contributed by atoms with Gasteiger partial charge in [-0.2, -0.15) is 0 Å². The smallest absolute Gasteiger partial charge is 0.290 e. The third kappa shape index (κ3) is 5.35. The van der Waals surface area contributed by atoms with Gasteiger partial charge in [0.05, 0.1) is 17.9 Å². The number of ketones is 1. The number of carbonyl (C=O) groups is 2. The fraction of sp³-hybridized carbons (Fsp3) is 0.333. The van der Waals surface area contributed by atoms with Crippen molar-refractivity contribution in [2.45, 2.75) is 26.3 Å². The fourth-order valence-electron chi connectivity index (χ4n) is 3.80. The maximum absolute atomic E-state index is 13.0. The van der Waals surface area contributed by atoms with Crippen molar-refractivity contribution in [1.29, 1.82) is 0 Å². The predicted molar refractivity (Wildman–Crippen MR) is 123 cm³/mol. The highest BCUT2D eigenvalue weighted by Gasteiger charge is 2.42. The summed E-state index contributed by atoms with van der Waals surface area (Å²) in [6.45, 7) is 7.35. The molecular weight excluding hydrogens is 460 g/mol. The number of benzene rings is 1. The fourth-order valence-corrected chi connectivity index (χ4v) is 4.21. The van der Waals surface area contributed by atoms with Crippen molar-refractivity contribution < 1.29 is 19.1 Å². The summed E-state index contributed by atoms with van der Waals surface area (Å²) in [7, 11) is 0. The molecule has 0 saturated carbocycles. The highest BCUT2D eigenvalue weighted by atomic mass is 79.9. The molecule has 1 aromatic heterocycles. The minimum Gasteiger partial charge on any atom is -0.503 e. The molecule has 1 aromatic carbocycles. The van der Waals surface area contributed by atoms with Crippen LogP contribution >= 0.6 is 15.9 Å². The third-order valence-corrected chi connectivity index (χ3v) is 5.94. The van der Waals surface area contributed by atoms with Crippen molar-refractivity contribution in [2.75, 3.05) is 26.2 Å². The summed E-state index contributed by atoms with van der Waals surface area (Å²) in [6, 6.07) is 10.3. The number of aliphatic hydroxyl groups excluding tert-OH is 1. The van der Waals surface area contributed by atoms with E-state index < -0.39 is 23.5 Å². The van der Waals surface area contributed by atoms with Gasteiger partial charge < -0.3 is 19.3 Å². The minimum absolute atomic E-state index is 0.0914. The van der Waals surface area contributed by atoms with Gasteiger partial charge in [-0.3, -0.25) is 9.59 Å². The van der Waals surface area contributed by atoms with Crippen molar-refractivity contribution >= 4 is 33.7 Å². The molecule has 1 N–H and O–H groups in total. The summed E-state index contributed by atoms with van der Waals surface area (Å²) >= 11 is 3.46. The van der Waals surface area contributed by atoms with Gasteiger partial charge in [0.1, 0.15) is 5.76 Å². The van der Waals surface area contributed by atoms with Crippen molar-refractivity contribution in [2.24, 2.45) is 0 Å². The maximum atomic E-state index is 13.0. The molecule has 164 valence electrons. The van der Waals surface area contributed by atoms with Crippen LogP contribution in [-0.2, 0) is 9.59 Å². The van der Waals surface area contributed by atoms with Crippen molar-refractivity contribution in [3.63, 3.8) is 0 Å². The zero-order valence-corrected chi connectivity index (χ0v) is 19.3. The Kier molecular flexibility index (Phi) is 7.87. The number of aliphatic hydroxyl groups is 1. The Morgan fingerprint density at radius 2 is 2.03 bits per heavy atom. The predicted octanol–water partition coefficient (Wildman–Crippen LogP) is 4.75. The zero-order chi connectivity index (χ0) is 22.4. The SMILES string of the molecule is CCN(CC)CCCN1C(=O)C(O)=C(C(=O)/C=C/c2ccco2)C1c1cccc(Br)c1. The number of nitrogens with zero attached hydrogens (tertiary/aromatic N) is 2. The van der Waals surface area contributed by atoms with Gasteiger partial charge in [-0.15, -0.1) is 0 Å². The molecule has 0 fully saturated rings. The van der Waals surface area contributed by atoms with Gasteiger partial charge in [0.2, 0.25) is 0 Å². The van der Waals surface area contributed by atoms with Crippen molar-refractivity contribution in [3.05, 3.63) is 75.9 Å². The number of allylic oxidation sites excluding steroid dienone is 1. The van der Waals surface area contributed by atoms with E-state index in [2.05, 4.69) is 34.7 Å². The zero-order valence-electron chi connectivity index (χ0n) is 17.8. The lowest BCUT2D eigenvalue weighted by atomic mass is 9.95. The van der Waals surface area contributed by atoms with E-state index >= 15 is 0 Å². The lowest BCUT2D eigenvalue weighted by molar-refractivity contribution is -0.129. The van der Waals surface area contributed by atoms with Crippen LogP contribution in [0.25, 0.3) is 6.08 Å². The molecule has 31 heavy (non-hydrogen) atoms. The Labute approximate surface area is 191 Å². The Balaban J connectivity index is 1.89. The molecule has 0 spiro atoms. The van der Waals surface area contributed by atoms with E-state index in [0.29, 0.717) is 12.3 Å². The summed E-state index contributed by atoms with van der Waals surface area (Å²) in [5, 5.41) is 10.6. The van der Waals surface area contributed by atoms with E-state index in [4.69, 9.17) is 4.42 Å². The van der Waals surface area contributed by atoms with Crippen LogP contribution in [0.15, 0.2) is 69.0 Å². The van der Waals surface area contributed by atoms with E-state index in [9.17, 15) is 14.7 Å². The van der Waals surface area contributed by atoms with E-state index in [1.165, 1.54) is 18.4 Å². The summed E-state index contributed by atoms with van der Waals surface area (Å²) < 4.78 is 6.07. The van der Waals surface area contributed by atoms with E-state index in [1.807, 2.05) is 24.3 Å². The van der Waals surface area contributed by atoms with Crippen LogP contribution in [0, 0.1) is 0 Å². The Bertz CT molecular complexity index is 977. The number of hydrogen-bond donors (Lipinski definition) is 1. The third-order valence-electron chi connectivity index (χ3n) is 5.44. The van der Waals surface area contributed by atoms with Gasteiger partial charge in [-0.1, -0.05) is 41.9 Å². The first kappa shape index (κ1) is 23.0. The normalized spacial score (nSPS) is 16.8. The summed E-state index contributed by atoms with van der Waals surface area (Å²) in [4.78, 5) is 29.8. The van der Waals surface area contributed by atoms with Crippen LogP contribution < -0.4 is 0 Å². The second-order valence-corrected chi connectivity index (χ2v) is 8.23. The maximum Gasteiger partial charge on any atom is 0.290 e. The lowest BCUT2D eigenvalue weighted by Gasteiger charge is -2.28. The molecule has 1 unspecified atom stereocenters. The van der Waals surface area contributed by atoms with Crippen molar-refractivity contribution in [3.8, 4) is 0 Å². The van der Waals surface area contributed by atoms with Gasteiger partial charge in [0, 0.05) is 11.0 Å². The molecular formula is C24H27BrN2O4. The molecule has 0 bridgehead atoms. The van der Waals surface area contributed by atoms with Gasteiger partial charge in [0.25, 0.3) is 5.91 Å². The summed E-state index contributed by atoms with van der Waals surface area (Å²) in [5.41, 5.74) is 0.859. The first-order valence-corrected chi connectivity index (χ1v) is 11.2. The number of carbonyl (C=O) groups excluding carboxylic acids is 2. The van der Waals surface area contributed by atoms with Crippen LogP contribution in [-0.4, -0.2) is 52.8 Å². The topological polar surface area (TPSA) is 74.0 Å². The molecule has 1 aliphatic rings. The molecule has 2 heterocycles. The molecule has 2 aromatic rings. The Morgan fingerprint density at radius 3 is 2.68 bits per heavy atom. The van der Waals surface area contributed by atoms with Crippen LogP contribution in [0.2, 0.25) is 0 Å². The van der Waals surface area contributed by atoms with Gasteiger partial charge in [-0.25, -0.2) is 0 Å². The number of furan rings is 1. The number of rotatable bonds is 10. The van der Waals surface area contributed by atoms with Crippen LogP contribution in [0.5, 0.6) is 0 Å². The van der Waals surface area contributed by atoms with E-state index in [-0.39, 0.29) is 5.57 Å². The average molecular weight is 487 g/mol. The minimum atomic E-state index is -0.643. The van der Waals surface area contributed by atoms with Crippen LogP contribution in [0.3, 0.4) is 0 Å². The quantitative estimate of drug-likeness (QED) is 0.490. The number of halogens is 1. The van der Waals surface area contributed by atoms with E-state index in [0.717, 1.165) is 36.1 Å². The average Bonchev–Trinajstić information content (AvgIpc) is 3.37. The monoisotopic (exact) mass is 486 g/mol. The highest BCUT2D eigenvalue weighted by Crippen LogP contribution is 2.38. The van der Waals surface area contributed by atoms with E-state index in [1.54, 1.807) is 17.0 Å². The van der Waals surface area contributed by atoms with Crippen molar-refractivity contribution in [1.82, 2.24) is 9.80 Å². The standard InChI is InChI=1S/C24H27BrN2O4/c1-3-26(4-2)13-7-14-27-22(17-8-5-9-18(25)16-17)21(23(29)24(27)30)20(28)12-11-19-10-6-15-31-19/h5-6,8-12,15-16,22,29H,3-4,7,13-14H2,1-2H3/b12-11+. The van der Waals surface area contributed by atoms with Gasteiger partial charge in [-0.05, 0) is 68.0 Å². The second-order valence-electron chi connectivity index (χ2n) is 7.31. The van der Waals surface area contributed by atoms with Gasteiger partial charge in [0.15, 0.2) is 11.5 Å². The van der Waals surface area contributed by atoms with Gasteiger partial charge >= 0.3 is 0 Å². The summed E-state index contributed by atoms with van der Waals surface area (Å²) in [5.74, 6) is -0.896. The highest BCUT2D eigenvalue weighted by molar-refractivity contribution is 9.10. The molecule has 0 saturated heterocycles. The molecule has 1 atom stereocenters. The van der Waals surface area contributed by atoms with Crippen LogP contribution in [0.1, 0.15) is 37.6 Å². The largest absolute Gasteiger partial charge is 0.503 e. The van der Waals surface area contributed by atoms with Crippen LogP contribution in [0.4, 0.5) is 0 Å². The number of amides is 1. The molecule has 1 amide bonds. The number of hydrogen-bond acceptors (Lipinski definition) is 5. The first-order chi connectivity index (χ1) is 15.0. The molecule has 0 radical (unpaired) electrons.